The maximum Gasteiger partial charge on any atom is 0.179 e. The lowest BCUT2D eigenvalue weighted by atomic mass is 10.2. The van der Waals surface area contributed by atoms with Crippen LogP contribution in [0.15, 0.2) is 23.4 Å². The van der Waals surface area contributed by atoms with Crippen molar-refractivity contribution in [2.45, 2.75) is 36.6 Å². The quantitative estimate of drug-likeness (QED) is 0.926. The molecule has 6 heteroatoms. The number of aromatic nitrogens is 2. The van der Waals surface area contributed by atoms with Gasteiger partial charge in [-0.1, -0.05) is 0 Å². The van der Waals surface area contributed by atoms with Crippen LogP contribution in [-0.4, -0.2) is 24.1 Å². The fraction of sp³-hybridized carbons (Fsp3) is 0.462. The summed E-state index contributed by atoms with van der Waals surface area (Å²) in [5.41, 5.74) is 8.07. The van der Waals surface area contributed by atoms with Gasteiger partial charge in [0.15, 0.2) is 15.5 Å². The predicted octanol–water partition coefficient (Wildman–Crippen LogP) is 1.63. The van der Waals surface area contributed by atoms with Gasteiger partial charge in [-0.3, -0.25) is 0 Å². The van der Waals surface area contributed by atoms with Crippen LogP contribution in [0.25, 0.3) is 5.65 Å². The van der Waals surface area contributed by atoms with Crippen LogP contribution in [0.3, 0.4) is 0 Å². The highest BCUT2D eigenvalue weighted by Crippen LogP contribution is 2.41. The first-order chi connectivity index (χ1) is 8.86. The van der Waals surface area contributed by atoms with E-state index >= 15 is 0 Å². The second-order valence-corrected chi connectivity index (χ2v) is 7.35. The van der Waals surface area contributed by atoms with Gasteiger partial charge in [0, 0.05) is 24.7 Å². The van der Waals surface area contributed by atoms with E-state index in [1.165, 1.54) is 6.26 Å². The van der Waals surface area contributed by atoms with E-state index in [0.29, 0.717) is 22.2 Å². The van der Waals surface area contributed by atoms with E-state index in [2.05, 4.69) is 4.98 Å². The van der Waals surface area contributed by atoms with Crippen LogP contribution in [0.2, 0.25) is 0 Å². The molecule has 0 aliphatic heterocycles. The number of pyridine rings is 1. The van der Waals surface area contributed by atoms with Crippen molar-refractivity contribution in [2.75, 3.05) is 6.26 Å². The Balaban J connectivity index is 2.30. The molecule has 2 aromatic rings. The molecule has 0 unspecified atom stereocenters. The molecule has 5 nitrogen and oxygen atoms in total. The van der Waals surface area contributed by atoms with Crippen LogP contribution in [0.5, 0.6) is 0 Å². The number of hydrogen-bond donors (Lipinski definition) is 1. The first-order valence-electron chi connectivity index (χ1n) is 6.34. The van der Waals surface area contributed by atoms with Crippen molar-refractivity contribution < 1.29 is 8.42 Å². The fourth-order valence-electron chi connectivity index (χ4n) is 2.24. The van der Waals surface area contributed by atoms with Gasteiger partial charge in [0.2, 0.25) is 0 Å². The van der Waals surface area contributed by atoms with Gasteiger partial charge in [-0.15, -0.1) is 0 Å². The molecule has 2 heterocycles. The molecule has 1 saturated carbocycles. The molecule has 0 spiro atoms. The van der Waals surface area contributed by atoms with Gasteiger partial charge in [0.05, 0.1) is 5.69 Å². The van der Waals surface area contributed by atoms with Gasteiger partial charge in [0.1, 0.15) is 4.90 Å². The molecule has 0 aromatic carbocycles. The SMILES string of the molecule is C[C@@H](N)c1cn2cc(C3CC3)cc(S(C)(=O)=O)c2n1. The third kappa shape index (κ3) is 2.26. The van der Waals surface area contributed by atoms with E-state index in [9.17, 15) is 8.42 Å². The number of nitrogens with two attached hydrogens (primary N) is 1. The molecule has 3 rings (SSSR count). The molecule has 19 heavy (non-hydrogen) atoms. The normalized spacial score (nSPS) is 17.8. The van der Waals surface area contributed by atoms with Crippen molar-refractivity contribution in [1.82, 2.24) is 9.38 Å². The van der Waals surface area contributed by atoms with Crippen molar-refractivity contribution in [3.63, 3.8) is 0 Å². The van der Waals surface area contributed by atoms with Crippen LogP contribution in [0.4, 0.5) is 0 Å². The van der Waals surface area contributed by atoms with Crippen LogP contribution in [-0.2, 0) is 9.84 Å². The molecular formula is C13H17N3O2S. The Morgan fingerprint density at radius 1 is 1.42 bits per heavy atom. The zero-order valence-electron chi connectivity index (χ0n) is 11.0. The van der Waals surface area contributed by atoms with Gasteiger partial charge in [0.25, 0.3) is 0 Å². The molecule has 2 aromatic heterocycles. The summed E-state index contributed by atoms with van der Waals surface area (Å²) >= 11 is 0. The molecule has 102 valence electrons. The van der Waals surface area contributed by atoms with E-state index in [0.717, 1.165) is 18.4 Å². The Morgan fingerprint density at radius 3 is 2.63 bits per heavy atom. The number of imidazole rings is 1. The van der Waals surface area contributed by atoms with Crippen molar-refractivity contribution in [3.8, 4) is 0 Å². The van der Waals surface area contributed by atoms with Crippen molar-refractivity contribution >= 4 is 15.5 Å². The van der Waals surface area contributed by atoms with E-state index in [4.69, 9.17) is 5.73 Å². The minimum Gasteiger partial charge on any atom is -0.323 e. The summed E-state index contributed by atoms with van der Waals surface area (Å²) in [6, 6.07) is 1.55. The number of fused-ring (bicyclic) bond motifs is 1. The van der Waals surface area contributed by atoms with Crippen molar-refractivity contribution in [2.24, 2.45) is 5.73 Å². The molecule has 0 bridgehead atoms. The summed E-state index contributed by atoms with van der Waals surface area (Å²) in [6.07, 6.45) is 7.27. The van der Waals surface area contributed by atoms with Crippen LogP contribution in [0.1, 0.15) is 43.0 Å². The molecule has 0 saturated heterocycles. The van der Waals surface area contributed by atoms with E-state index in [1.54, 1.807) is 10.5 Å². The summed E-state index contributed by atoms with van der Waals surface area (Å²) in [4.78, 5) is 4.65. The van der Waals surface area contributed by atoms with Gasteiger partial charge < -0.3 is 10.1 Å². The van der Waals surface area contributed by atoms with E-state index in [1.807, 2.05) is 19.3 Å². The Bertz CT molecular complexity index is 743. The lowest BCUT2D eigenvalue weighted by Crippen LogP contribution is -2.05. The minimum atomic E-state index is -3.29. The van der Waals surface area contributed by atoms with Crippen molar-refractivity contribution in [3.05, 3.63) is 29.7 Å². The Labute approximate surface area is 112 Å². The Kier molecular flexibility index (Phi) is 2.69. The van der Waals surface area contributed by atoms with Gasteiger partial charge >= 0.3 is 0 Å². The standard InChI is InChI=1S/C13H17N3O2S/c1-8(14)11-7-16-6-10(9-3-4-9)5-12(13(16)15-11)19(2,17)18/h5-9H,3-4,14H2,1-2H3/t8-/m1/s1. The summed E-state index contributed by atoms with van der Waals surface area (Å²) < 4.78 is 25.7. The Morgan fingerprint density at radius 2 is 2.11 bits per heavy atom. The lowest BCUT2D eigenvalue weighted by Gasteiger charge is -2.05. The average molecular weight is 279 g/mol. The van der Waals surface area contributed by atoms with E-state index < -0.39 is 9.84 Å². The molecule has 0 radical (unpaired) electrons. The fourth-order valence-corrected chi connectivity index (χ4v) is 3.07. The molecule has 1 atom stereocenters. The summed E-state index contributed by atoms with van der Waals surface area (Å²) in [5.74, 6) is 0.492. The molecule has 1 fully saturated rings. The third-order valence-electron chi connectivity index (χ3n) is 3.47. The topological polar surface area (TPSA) is 77.5 Å². The highest BCUT2D eigenvalue weighted by atomic mass is 32.2. The first-order valence-corrected chi connectivity index (χ1v) is 8.23. The zero-order chi connectivity index (χ0) is 13.8. The van der Waals surface area contributed by atoms with Gasteiger partial charge in [-0.2, -0.15) is 0 Å². The maximum absolute atomic E-state index is 11.9. The van der Waals surface area contributed by atoms with Crippen LogP contribution >= 0.6 is 0 Å². The predicted molar refractivity (Wildman–Crippen MR) is 72.9 cm³/mol. The van der Waals surface area contributed by atoms with Crippen LogP contribution in [0, 0.1) is 0 Å². The highest BCUT2D eigenvalue weighted by molar-refractivity contribution is 7.91. The first kappa shape index (κ1) is 12.6. The zero-order valence-corrected chi connectivity index (χ0v) is 11.8. The lowest BCUT2D eigenvalue weighted by molar-refractivity contribution is 0.602. The summed E-state index contributed by atoms with van der Waals surface area (Å²) in [6.45, 7) is 1.84. The maximum atomic E-state index is 11.9. The second-order valence-electron chi connectivity index (χ2n) is 5.37. The highest BCUT2D eigenvalue weighted by Gasteiger charge is 2.27. The number of hydrogen-bond acceptors (Lipinski definition) is 4. The number of sulfone groups is 1. The molecule has 1 aliphatic carbocycles. The van der Waals surface area contributed by atoms with Gasteiger partial charge in [-0.25, -0.2) is 13.4 Å². The largest absolute Gasteiger partial charge is 0.323 e. The van der Waals surface area contributed by atoms with E-state index in [-0.39, 0.29) is 6.04 Å². The molecule has 2 N–H and O–H groups in total. The molecular weight excluding hydrogens is 262 g/mol. The molecule has 1 aliphatic rings. The van der Waals surface area contributed by atoms with Gasteiger partial charge in [-0.05, 0) is 37.3 Å². The monoisotopic (exact) mass is 279 g/mol. The number of rotatable bonds is 3. The average Bonchev–Trinajstić information content (AvgIpc) is 3.05. The smallest absolute Gasteiger partial charge is 0.179 e. The van der Waals surface area contributed by atoms with Crippen LogP contribution < -0.4 is 5.73 Å². The Hall–Kier alpha value is -1.40. The summed E-state index contributed by atoms with van der Waals surface area (Å²) in [5, 5.41) is 0. The summed E-state index contributed by atoms with van der Waals surface area (Å²) in [7, 11) is -3.29. The third-order valence-corrected chi connectivity index (χ3v) is 4.57. The second kappa shape index (κ2) is 4.05. The molecule has 0 amide bonds. The minimum absolute atomic E-state index is 0.211. The van der Waals surface area contributed by atoms with Crippen molar-refractivity contribution in [1.29, 1.82) is 0 Å². The number of nitrogens with zero attached hydrogens (tertiary/aromatic N) is 2.